The van der Waals surface area contributed by atoms with Crippen LogP contribution in [0.1, 0.15) is 0 Å². The number of rotatable bonds is 8. The highest BCUT2D eigenvalue weighted by atomic mass is 16.3. The van der Waals surface area contributed by atoms with Crippen molar-refractivity contribution in [1.29, 1.82) is 0 Å². The summed E-state index contributed by atoms with van der Waals surface area (Å²) in [4.78, 5) is 2.33. The van der Waals surface area contributed by atoms with Gasteiger partial charge in [-0.2, -0.15) is 0 Å². The lowest BCUT2D eigenvalue weighted by Gasteiger charge is -2.26. The van der Waals surface area contributed by atoms with Crippen LogP contribution in [0.2, 0.25) is 0 Å². The molecule has 0 spiro atoms. The number of hydrogen-bond acceptors (Lipinski definition) is 2. The van der Waals surface area contributed by atoms with Gasteiger partial charge in [0, 0.05) is 28.0 Å². The summed E-state index contributed by atoms with van der Waals surface area (Å²) < 4.78 is 6.20. The van der Waals surface area contributed by atoms with Crippen LogP contribution in [-0.4, -0.2) is 0 Å². The number of benzene rings is 9. The Hall–Kier alpha value is -7.42. The zero-order valence-electron chi connectivity index (χ0n) is 30.7. The molecule has 0 fully saturated rings. The Morgan fingerprint density at radius 1 is 0.286 bits per heavy atom. The van der Waals surface area contributed by atoms with Crippen molar-refractivity contribution in [3.05, 3.63) is 224 Å². The first kappa shape index (κ1) is 33.2. The summed E-state index contributed by atoms with van der Waals surface area (Å²) in [6, 6.07) is 80.0. The minimum absolute atomic E-state index is 0.874. The molecule has 1 aromatic heterocycles. The van der Waals surface area contributed by atoms with E-state index in [0.717, 1.165) is 50.5 Å². The topological polar surface area (TPSA) is 16.4 Å². The van der Waals surface area contributed by atoms with E-state index in [9.17, 15) is 0 Å². The van der Waals surface area contributed by atoms with E-state index in [1.54, 1.807) is 0 Å². The van der Waals surface area contributed by atoms with Crippen LogP contribution in [0.25, 0.3) is 77.6 Å². The van der Waals surface area contributed by atoms with Gasteiger partial charge in [-0.25, -0.2) is 0 Å². The molecule has 1 heterocycles. The number of furan rings is 1. The number of fused-ring (bicyclic) bond motifs is 2. The first-order chi connectivity index (χ1) is 27.7. The Balaban J connectivity index is 0.967. The summed E-state index contributed by atoms with van der Waals surface area (Å²) in [6.07, 6.45) is 0. The Bertz CT molecular complexity index is 2890. The molecule has 0 aliphatic rings. The van der Waals surface area contributed by atoms with Gasteiger partial charge in [0.05, 0.1) is 0 Å². The van der Waals surface area contributed by atoms with Gasteiger partial charge in [-0.15, -0.1) is 0 Å². The second kappa shape index (κ2) is 14.4. The molecule has 0 unspecified atom stereocenters. The van der Waals surface area contributed by atoms with E-state index in [-0.39, 0.29) is 0 Å². The molecule has 264 valence electrons. The molecule has 0 N–H and O–H groups in total. The average molecular weight is 716 g/mol. The summed E-state index contributed by atoms with van der Waals surface area (Å²) >= 11 is 0. The van der Waals surface area contributed by atoms with Crippen LogP contribution < -0.4 is 4.90 Å². The van der Waals surface area contributed by atoms with E-state index in [4.69, 9.17) is 4.42 Å². The van der Waals surface area contributed by atoms with E-state index in [1.165, 1.54) is 44.2 Å². The maximum Gasteiger partial charge on any atom is 0.135 e. The van der Waals surface area contributed by atoms with E-state index in [0.29, 0.717) is 0 Å². The molecule has 0 radical (unpaired) electrons. The molecule has 2 heteroatoms. The second-order valence-electron chi connectivity index (χ2n) is 14.2. The van der Waals surface area contributed by atoms with Gasteiger partial charge in [0.15, 0.2) is 0 Å². The monoisotopic (exact) mass is 715 g/mol. The Morgan fingerprint density at radius 2 is 0.732 bits per heavy atom. The lowest BCUT2D eigenvalue weighted by Crippen LogP contribution is -2.09. The molecule has 9 aromatic carbocycles. The quantitative estimate of drug-likeness (QED) is 0.156. The third-order valence-corrected chi connectivity index (χ3v) is 10.7. The Kier molecular flexibility index (Phi) is 8.55. The Morgan fingerprint density at radius 3 is 1.38 bits per heavy atom. The average Bonchev–Trinajstić information content (AvgIpc) is 3.72. The van der Waals surface area contributed by atoms with Crippen molar-refractivity contribution in [2.45, 2.75) is 0 Å². The highest BCUT2D eigenvalue weighted by Crippen LogP contribution is 2.39. The SMILES string of the molecule is c1ccc(-c2ccc(N(c3ccc(-c4ccc(-c5cccc6ccccc56)cc4)cc3)c3ccc(-c4cccc(-c5cc6ccccc6o5)c4)cc3)cc2)cc1. The standard InChI is InChI=1S/C54H37NO/c1-2-10-38(11-3-1)40-24-30-48(31-25-40)55(50-34-28-42(29-35-50)45-15-8-16-46(36-45)54-37-47-13-5-7-19-53(47)56-54)49-32-26-41(27-33-49)39-20-22-44(23-21-39)52-18-9-14-43-12-4-6-17-51(43)52/h1-37H. The van der Waals surface area contributed by atoms with Crippen LogP contribution in [-0.2, 0) is 0 Å². The summed E-state index contributed by atoms with van der Waals surface area (Å²) in [5.41, 5.74) is 14.8. The normalized spacial score (nSPS) is 11.2. The van der Waals surface area contributed by atoms with Crippen molar-refractivity contribution >= 4 is 38.8 Å². The van der Waals surface area contributed by atoms with Crippen molar-refractivity contribution < 1.29 is 4.42 Å². The minimum Gasteiger partial charge on any atom is -0.456 e. The largest absolute Gasteiger partial charge is 0.456 e. The second-order valence-corrected chi connectivity index (χ2v) is 14.2. The fraction of sp³-hybridized carbons (Fsp3) is 0. The summed E-state index contributed by atoms with van der Waals surface area (Å²) in [5.74, 6) is 0.874. The van der Waals surface area contributed by atoms with Crippen molar-refractivity contribution in [2.24, 2.45) is 0 Å². The number of para-hydroxylation sites is 1. The van der Waals surface area contributed by atoms with Crippen molar-refractivity contribution in [3.8, 4) is 55.8 Å². The molecule has 0 amide bonds. The fourth-order valence-corrected chi connectivity index (χ4v) is 7.78. The number of anilines is 3. The maximum atomic E-state index is 6.20. The zero-order chi connectivity index (χ0) is 37.3. The van der Waals surface area contributed by atoms with Gasteiger partial charge in [0.2, 0.25) is 0 Å². The molecule has 0 aliphatic carbocycles. The molecular weight excluding hydrogens is 679 g/mol. The van der Waals surface area contributed by atoms with E-state index >= 15 is 0 Å². The van der Waals surface area contributed by atoms with Gasteiger partial charge in [-0.3, -0.25) is 0 Å². The number of hydrogen-bond donors (Lipinski definition) is 0. The minimum atomic E-state index is 0.874. The zero-order valence-corrected chi connectivity index (χ0v) is 30.7. The van der Waals surface area contributed by atoms with E-state index in [1.807, 2.05) is 18.2 Å². The van der Waals surface area contributed by atoms with Gasteiger partial charge >= 0.3 is 0 Å². The third-order valence-electron chi connectivity index (χ3n) is 10.7. The molecule has 0 aliphatic heterocycles. The first-order valence-corrected chi connectivity index (χ1v) is 19.1. The predicted octanol–water partition coefficient (Wildman–Crippen LogP) is 15.4. The highest BCUT2D eigenvalue weighted by Gasteiger charge is 2.15. The molecule has 2 nitrogen and oxygen atoms in total. The smallest absolute Gasteiger partial charge is 0.135 e. The maximum absolute atomic E-state index is 6.20. The van der Waals surface area contributed by atoms with Gasteiger partial charge in [0.1, 0.15) is 11.3 Å². The molecule has 56 heavy (non-hydrogen) atoms. The van der Waals surface area contributed by atoms with Gasteiger partial charge < -0.3 is 9.32 Å². The van der Waals surface area contributed by atoms with Crippen LogP contribution in [0.3, 0.4) is 0 Å². The van der Waals surface area contributed by atoms with Crippen LogP contribution in [0.15, 0.2) is 229 Å². The van der Waals surface area contributed by atoms with Gasteiger partial charge in [-0.1, -0.05) is 170 Å². The van der Waals surface area contributed by atoms with Crippen molar-refractivity contribution in [1.82, 2.24) is 0 Å². The molecule has 0 saturated carbocycles. The van der Waals surface area contributed by atoms with Crippen LogP contribution in [0.4, 0.5) is 17.1 Å². The Labute approximate surface area is 327 Å². The molecular formula is C54H37NO. The van der Waals surface area contributed by atoms with E-state index < -0.39 is 0 Å². The number of nitrogens with zero attached hydrogens (tertiary/aromatic N) is 1. The van der Waals surface area contributed by atoms with Gasteiger partial charge in [0.25, 0.3) is 0 Å². The predicted molar refractivity (Wildman–Crippen MR) is 236 cm³/mol. The molecule has 0 atom stereocenters. The van der Waals surface area contributed by atoms with Crippen LogP contribution in [0, 0.1) is 0 Å². The third kappa shape index (κ3) is 6.44. The van der Waals surface area contributed by atoms with E-state index in [2.05, 4.69) is 211 Å². The van der Waals surface area contributed by atoms with Crippen LogP contribution in [0.5, 0.6) is 0 Å². The van der Waals surface area contributed by atoms with Crippen molar-refractivity contribution in [2.75, 3.05) is 4.90 Å². The van der Waals surface area contributed by atoms with Crippen molar-refractivity contribution in [3.63, 3.8) is 0 Å². The highest BCUT2D eigenvalue weighted by molar-refractivity contribution is 5.97. The lowest BCUT2D eigenvalue weighted by molar-refractivity contribution is 0.631. The molecule has 0 saturated heterocycles. The fourth-order valence-electron chi connectivity index (χ4n) is 7.78. The van der Waals surface area contributed by atoms with Gasteiger partial charge in [-0.05, 0) is 110 Å². The summed E-state index contributed by atoms with van der Waals surface area (Å²) in [6.45, 7) is 0. The first-order valence-electron chi connectivity index (χ1n) is 19.1. The summed E-state index contributed by atoms with van der Waals surface area (Å²) in [5, 5.41) is 3.64. The molecule has 0 bridgehead atoms. The van der Waals surface area contributed by atoms with Crippen LogP contribution >= 0.6 is 0 Å². The molecule has 10 rings (SSSR count). The summed E-state index contributed by atoms with van der Waals surface area (Å²) in [7, 11) is 0. The lowest BCUT2D eigenvalue weighted by atomic mass is 9.96. The molecule has 10 aromatic rings.